The molecule has 1 aliphatic rings. The molecule has 0 saturated carbocycles. The average Bonchev–Trinajstić information content (AvgIpc) is 2.52. The normalized spacial score (nSPS) is 21.6. The highest BCUT2D eigenvalue weighted by atomic mass is 79.9. The van der Waals surface area contributed by atoms with Crippen LogP contribution in [0.5, 0.6) is 0 Å². The van der Waals surface area contributed by atoms with Gasteiger partial charge in [-0.15, -0.1) is 0 Å². The van der Waals surface area contributed by atoms with Crippen LogP contribution in [0.25, 0.3) is 0 Å². The second kappa shape index (κ2) is 3.46. The van der Waals surface area contributed by atoms with Gasteiger partial charge in [-0.1, -0.05) is 15.9 Å². The third kappa shape index (κ3) is 1.88. The van der Waals surface area contributed by atoms with Crippen LogP contribution in [0, 0.1) is 0 Å². The van der Waals surface area contributed by atoms with Gasteiger partial charge in [-0.05, 0) is 12.1 Å². The highest BCUT2D eigenvalue weighted by molar-refractivity contribution is 9.10. The molecule has 1 N–H and O–H groups in total. The topological polar surface area (TPSA) is 42.0 Å². The molecular formula is C9H9BrN2O. The zero-order valence-electron chi connectivity index (χ0n) is 6.96. The van der Waals surface area contributed by atoms with Crippen molar-refractivity contribution in [3.05, 3.63) is 28.5 Å². The van der Waals surface area contributed by atoms with E-state index >= 15 is 0 Å². The van der Waals surface area contributed by atoms with E-state index < -0.39 is 0 Å². The zero-order valence-corrected chi connectivity index (χ0v) is 8.54. The van der Waals surface area contributed by atoms with E-state index in [0.717, 1.165) is 10.2 Å². The molecule has 0 spiro atoms. The van der Waals surface area contributed by atoms with Crippen LogP contribution < -0.4 is 5.32 Å². The third-order valence-corrected chi connectivity index (χ3v) is 2.63. The molecule has 2 rings (SSSR count). The van der Waals surface area contributed by atoms with Gasteiger partial charge in [-0.2, -0.15) is 0 Å². The Labute approximate surface area is 84.7 Å². The summed E-state index contributed by atoms with van der Waals surface area (Å²) < 4.78 is 1.01. The molecule has 0 radical (unpaired) electrons. The van der Waals surface area contributed by atoms with Crippen LogP contribution in [-0.2, 0) is 4.79 Å². The predicted octanol–water partition coefficient (Wildman–Crippen LogP) is 1.45. The minimum atomic E-state index is 0.117. The Kier molecular flexibility index (Phi) is 2.31. The molecule has 1 unspecified atom stereocenters. The molecule has 1 aromatic heterocycles. The van der Waals surface area contributed by atoms with E-state index in [1.54, 1.807) is 6.20 Å². The fraction of sp³-hybridized carbons (Fsp3) is 0.333. The Hall–Kier alpha value is -0.900. The van der Waals surface area contributed by atoms with Crippen molar-refractivity contribution in [3.63, 3.8) is 0 Å². The molecule has 1 aliphatic heterocycles. The van der Waals surface area contributed by atoms with Crippen LogP contribution >= 0.6 is 15.9 Å². The van der Waals surface area contributed by atoms with Crippen LogP contribution in [-0.4, -0.2) is 17.4 Å². The van der Waals surface area contributed by atoms with Gasteiger partial charge >= 0.3 is 0 Å². The maximum Gasteiger partial charge on any atom is 0.220 e. The van der Waals surface area contributed by atoms with Crippen molar-refractivity contribution in [1.82, 2.24) is 10.3 Å². The van der Waals surface area contributed by atoms with Crippen LogP contribution in [0.2, 0.25) is 0 Å². The lowest BCUT2D eigenvalue weighted by atomic mass is 10.0. The van der Waals surface area contributed by atoms with Crippen LogP contribution in [0.4, 0.5) is 0 Å². The third-order valence-electron chi connectivity index (χ3n) is 2.14. The number of carbonyl (C=O) groups is 1. The van der Waals surface area contributed by atoms with Gasteiger partial charge in [0.15, 0.2) is 0 Å². The Morgan fingerprint density at radius 1 is 1.62 bits per heavy atom. The highest BCUT2D eigenvalue weighted by Gasteiger charge is 2.23. The van der Waals surface area contributed by atoms with Gasteiger partial charge < -0.3 is 5.32 Å². The maximum atomic E-state index is 11.0. The van der Waals surface area contributed by atoms with Gasteiger partial charge in [-0.3, -0.25) is 9.78 Å². The summed E-state index contributed by atoms with van der Waals surface area (Å²) in [6.45, 7) is 0.711. The number of nitrogens with zero attached hydrogens (tertiary/aromatic N) is 1. The monoisotopic (exact) mass is 240 g/mol. The fourth-order valence-electron chi connectivity index (χ4n) is 1.46. The number of halogens is 1. The number of pyridine rings is 1. The summed E-state index contributed by atoms with van der Waals surface area (Å²) >= 11 is 3.38. The summed E-state index contributed by atoms with van der Waals surface area (Å²) in [6.07, 6.45) is 2.31. The van der Waals surface area contributed by atoms with E-state index in [2.05, 4.69) is 26.2 Å². The summed E-state index contributed by atoms with van der Waals surface area (Å²) in [5.74, 6) is 0.358. The molecule has 1 saturated heterocycles. The smallest absolute Gasteiger partial charge is 0.220 e. The number of hydrogen-bond acceptors (Lipinski definition) is 2. The van der Waals surface area contributed by atoms with E-state index in [-0.39, 0.29) is 11.8 Å². The summed E-state index contributed by atoms with van der Waals surface area (Å²) in [4.78, 5) is 15.2. The second-order valence-corrected chi connectivity index (χ2v) is 4.02. The molecule has 0 bridgehead atoms. The van der Waals surface area contributed by atoms with Crippen LogP contribution in [0.3, 0.4) is 0 Å². The molecule has 68 valence electrons. The van der Waals surface area contributed by atoms with Gasteiger partial charge in [0.2, 0.25) is 5.91 Å². The molecule has 13 heavy (non-hydrogen) atoms. The molecule has 2 heterocycles. The van der Waals surface area contributed by atoms with Crippen LogP contribution in [0.1, 0.15) is 18.0 Å². The number of hydrogen-bond donors (Lipinski definition) is 1. The summed E-state index contributed by atoms with van der Waals surface area (Å²) in [7, 11) is 0. The zero-order chi connectivity index (χ0) is 9.26. The Bertz CT molecular complexity index is 340. The molecule has 1 aromatic rings. The lowest BCUT2D eigenvalue weighted by Crippen LogP contribution is -2.13. The predicted molar refractivity (Wildman–Crippen MR) is 52.3 cm³/mol. The fourth-order valence-corrected chi connectivity index (χ4v) is 1.81. The first kappa shape index (κ1) is 8.69. The van der Waals surface area contributed by atoms with Gasteiger partial charge in [0.05, 0.1) is 0 Å². The van der Waals surface area contributed by atoms with Gasteiger partial charge in [0, 0.05) is 35.2 Å². The van der Waals surface area contributed by atoms with Crippen molar-refractivity contribution in [2.45, 2.75) is 12.3 Å². The van der Waals surface area contributed by atoms with Crippen molar-refractivity contribution in [2.75, 3.05) is 6.54 Å². The Morgan fingerprint density at radius 2 is 2.46 bits per heavy atom. The quantitative estimate of drug-likeness (QED) is 0.808. The molecule has 4 heteroatoms. The van der Waals surface area contributed by atoms with Crippen molar-refractivity contribution in [3.8, 4) is 0 Å². The Balaban J connectivity index is 2.21. The Morgan fingerprint density at radius 3 is 3.08 bits per heavy atom. The maximum absolute atomic E-state index is 11.0. The first-order chi connectivity index (χ1) is 6.25. The van der Waals surface area contributed by atoms with Gasteiger partial charge in [0.25, 0.3) is 0 Å². The van der Waals surface area contributed by atoms with Gasteiger partial charge in [-0.25, -0.2) is 0 Å². The average molecular weight is 241 g/mol. The summed E-state index contributed by atoms with van der Waals surface area (Å²) in [5, 5.41) is 2.79. The minimum absolute atomic E-state index is 0.117. The van der Waals surface area contributed by atoms with E-state index in [4.69, 9.17) is 0 Å². The molecule has 1 fully saturated rings. The van der Waals surface area contributed by atoms with Crippen molar-refractivity contribution in [2.24, 2.45) is 0 Å². The summed E-state index contributed by atoms with van der Waals surface area (Å²) in [5.41, 5.74) is 0.979. The molecule has 3 nitrogen and oxygen atoms in total. The lowest BCUT2D eigenvalue weighted by Gasteiger charge is -2.05. The standard InChI is InChI=1S/C9H9BrN2O/c10-7-1-2-11-8(4-7)6-3-9(13)12-5-6/h1-2,4,6H,3,5H2,(H,12,13). The molecular weight excluding hydrogens is 232 g/mol. The number of rotatable bonds is 1. The van der Waals surface area contributed by atoms with Crippen molar-refractivity contribution >= 4 is 21.8 Å². The SMILES string of the molecule is O=C1CC(c2cc(Br)ccn2)CN1. The second-order valence-electron chi connectivity index (χ2n) is 3.10. The largest absolute Gasteiger partial charge is 0.355 e. The number of amides is 1. The minimum Gasteiger partial charge on any atom is -0.355 e. The van der Waals surface area contributed by atoms with E-state index in [9.17, 15) is 4.79 Å². The van der Waals surface area contributed by atoms with Crippen molar-refractivity contribution < 1.29 is 4.79 Å². The van der Waals surface area contributed by atoms with E-state index in [0.29, 0.717) is 13.0 Å². The molecule has 1 atom stereocenters. The van der Waals surface area contributed by atoms with Crippen LogP contribution in [0.15, 0.2) is 22.8 Å². The highest BCUT2D eigenvalue weighted by Crippen LogP contribution is 2.22. The molecule has 0 aromatic carbocycles. The molecule has 0 aliphatic carbocycles. The van der Waals surface area contributed by atoms with Crippen molar-refractivity contribution in [1.29, 1.82) is 0 Å². The lowest BCUT2D eigenvalue weighted by molar-refractivity contribution is -0.119. The molecule has 1 amide bonds. The first-order valence-corrected chi connectivity index (χ1v) is 4.93. The number of carbonyl (C=O) groups excluding carboxylic acids is 1. The van der Waals surface area contributed by atoms with E-state index in [1.165, 1.54) is 0 Å². The van der Waals surface area contributed by atoms with Gasteiger partial charge in [0.1, 0.15) is 0 Å². The number of aromatic nitrogens is 1. The number of nitrogens with one attached hydrogen (secondary N) is 1. The first-order valence-electron chi connectivity index (χ1n) is 4.14. The van der Waals surface area contributed by atoms with E-state index in [1.807, 2.05) is 12.1 Å². The summed E-state index contributed by atoms with van der Waals surface area (Å²) in [6, 6.07) is 3.85.